The fourth-order valence-corrected chi connectivity index (χ4v) is 0.514. The quantitative estimate of drug-likeness (QED) is 0.543. The molecule has 1 N–H and O–H groups in total. The van der Waals surface area contributed by atoms with Gasteiger partial charge in [0.15, 0.2) is 0 Å². The molecule has 0 spiro atoms. The molecule has 0 saturated heterocycles. The van der Waals surface area contributed by atoms with Gasteiger partial charge in [-0.1, -0.05) is 30.2 Å². The van der Waals surface area contributed by atoms with E-state index in [4.69, 9.17) is 5.11 Å². The highest BCUT2D eigenvalue weighted by molar-refractivity contribution is 5.76. The van der Waals surface area contributed by atoms with E-state index in [1.165, 1.54) is 0 Å². The fraction of sp³-hybridized carbons (Fsp3) is 0.833. The Hall–Kier alpha value is -0.780. The fourth-order valence-electron chi connectivity index (χ4n) is 0.514. The van der Waals surface area contributed by atoms with E-state index in [2.05, 4.69) is 0 Å². The van der Waals surface area contributed by atoms with Crippen LogP contribution in [0.1, 0.15) is 21.3 Å². The topological polar surface area (TPSA) is 40.5 Å². The maximum absolute atomic E-state index is 12.7. The summed E-state index contributed by atoms with van der Waals surface area (Å²) >= 11 is 0. The molecule has 0 aromatic carbocycles. The lowest BCUT2D eigenvalue weighted by Gasteiger charge is -2.23. The molecule has 0 aliphatic heterocycles. The Morgan fingerprint density at radius 3 is 1.83 bits per heavy atom. The van der Waals surface area contributed by atoms with Crippen molar-refractivity contribution in [2.45, 2.75) is 27.1 Å². The van der Waals surface area contributed by atoms with Gasteiger partial charge in [0, 0.05) is 5.92 Å². The number of halogens is 3. The zero-order chi connectivity index (χ0) is 9.23. The van der Waals surface area contributed by atoms with E-state index in [1.54, 1.807) is 0 Å². The number of alkyl halides is 1. The molecule has 1 atom stereocenters. The number of carboxylic acids is 1. The first-order valence-corrected chi connectivity index (χ1v) is 2.87. The van der Waals surface area contributed by atoms with Crippen molar-refractivity contribution in [2.75, 3.05) is 0 Å². The van der Waals surface area contributed by atoms with Gasteiger partial charge in [-0.3, -0.25) is 0 Å². The van der Waals surface area contributed by atoms with Gasteiger partial charge in [0.05, 0.1) is 5.34 Å². The summed E-state index contributed by atoms with van der Waals surface area (Å²) in [6.45, 7) is 2.11. The highest BCUT2D eigenvalue weighted by Gasteiger charge is 2.50. The van der Waals surface area contributed by atoms with Crippen molar-refractivity contribution in [3.8, 4) is 0 Å². The largest absolute Gasteiger partial charge is 0.478 e. The van der Waals surface area contributed by atoms with Crippen LogP contribution in [0.15, 0.2) is 0 Å². The van der Waals surface area contributed by atoms with E-state index < -0.39 is 23.0 Å². The van der Waals surface area contributed by atoms with Gasteiger partial charge in [0.2, 0.25) is 0 Å². The number of aliphatic carboxylic acids is 1. The molecule has 0 aromatic rings. The van der Waals surface area contributed by atoms with Crippen LogP contribution in [-0.2, 0) is 4.79 Å². The molecule has 12 heavy (non-hydrogen) atoms. The van der Waals surface area contributed by atoms with Crippen LogP contribution in [0.3, 0.4) is 0 Å². The van der Waals surface area contributed by atoms with E-state index in [9.17, 15) is 18.1 Å². The van der Waals surface area contributed by atoms with Crippen LogP contribution >= 0.6 is 0 Å². The number of hydrogen-bond acceptors (Lipinski definition) is 2. The van der Waals surface area contributed by atoms with E-state index in [0.29, 0.717) is 0 Å². The van der Waals surface area contributed by atoms with Gasteiger partial charge in [0.25, 0.3) is 0 Å². The third kappa shape index (κ3) is 2.10. The molecule has 0 aromatic heterocycles. The molecule has 0 bridgehead atoms. The van der Waals surface area contributed by atoms with E-state index >= 15 is 0 Å². The minimum absolute atomic E-state index is 0. The molecule has 0 fully saturated rings. The van der Waals surface area contributed by atoms with Crippen LogP contribution in [0.2, 0.25) is 0 Å². The molecule has 6 heteroatoms. The van der Waals surface area contributed by atoms with Crippen molar-refractivity contribution < 1.29 is 23.3 Å². The Morgan fingerprint density at radius 2 is 1.83 bits per heavy atom. The van der Waals surface area contributed by atoms with Crippen LogP contribution in [-0.4, -0.2) is 22.2 Å². The highest BCUT2D eigenvalue weighted by atomic mass is 19.4. The van der Waals surface area contributed by atoms with Crippen LogP contribution in [0, 0.1) is 5.92 Å². The van der Waals surface area contributed by atoms with Crippen LogP contribution in [0.25, 0.3) is 0 Å². The van der Waals surface area contributed by atoms with Crippen molar-refractivity contribution in [3.05, 3.63) is 0 Å². The smallest absolute Gasteiger partial charge is 0.362 e. The van der Waals surface area contributed by atoms with E-state index in [-0.39, 0.29) is 7.43 Å². The summed E-state index contributed by atoms with van der Waals surface area (Å²) in [7, 11) is 0. The first-order chi connectivity index (χ1) is 4.83. The zero-order valence-corrected chi connectivity index (χ0v) is 6.01. The third-order valence-corrected chi connectivity index (χ3v) is 1.31. The summed E-state index contributed by atoms with van der Waals surface area (Å²) in [5.74, 6) is -7.08. The second kappa shape index (κ2) is 4.30. The van der Waals surface area contributed by atoms with Crippen molar-refractivity contribution in [2.24, 2.45) is 5.92 Å². The van der Waals surface area contributed by atoms with Gasteiger partial charge >= 0.3 is 11.8 Å². The van der Waals surface area contributed by atoms with E-state index in [0.717, 1.165) is 13.8 Å². The molecule has 74 valence electrons. The van der Waals surface area contributed by atoms with Gasteiger partial charge in [-0.05, 0) is 0 Å². The molecule has 0 radical (unpaired) electrons. The van der Waals surface area contributed by atoms with E-state index in [1.807, 2.05) is 0 Å². The molecular formula is C6H12F3NO2. The van der Waals surface area contributed by atoms with Crippen molar-refractivity contribution >= 4 is 5.97 Å². The molecule has 0 heterocycles. The number of nitrogens with zero attached hydrogens (tertiary/aromatic N) is 1. The van der Waals surface area contributed by atoms with Gasteiger partial charge in [-0.25, -0.2) is 9.18 Å². The maximum Gasteiger partial charge on any atom is 0.362 e. The maximum atomic E-state index is 12.7. The van der Waals surface area contributed by atoms with Crippen LogP contribution in [0.5, 0.6) is 0 Å². The Kier molecular flexibility index (Phi) is 4.94. The Morgan fingerprint density at radius 1 is 1.50 bits per heavy atom. The standard InChI is InChI=1S/C5H8F3NO2.CH4/c1-3(2)5(6,4(10)11)9(7)8;/h3H,1-2H3,(H,10,11);1H4/t5-;/m0./s1. The van der Waals surface area contributed by atoms with Gasteiger partial charge in [-0.15, -0.1) is 0 Å². The minimum atomic E-state index is -3.58. The first-order valence-electron chi connectivity index (χ1n) is 2.87. The molecule has 0 rings (SSSR count). The van der Waals surface area contributed by atoms with Crippen LogP contribution in [0.4, 0.5) is 13.4 Å². The third-order valence-electron chi connectivity index (χ3n) is 1.31. The molecule has 0 aliphatic carbocycles. The molecular weight excluding hydrogens is 175 g/mol. The second-order valence-electron chi connectivity index (χ2n) is 2.37. The van der Waals surface area contributed by atoms with Gasteiger partial charge in [-0.2, -0.15) is 0 Å². The summed E-state index contributed by atoms with van der Waals surface area (Å²) in [5, 5.41) is 6.15. The monoisotopic (exact) mass is 187 g/mol. The minimum Gasteiger partial charge on any atom is -0.478 e. The zero-order valence-electron chi connectivity index (χ0n) is 6.01. The Bertz CT molecular complexity index is 153. The summed E-state index contributed by atoms with van der Waals surface area (Å²) in [6.07, 6.45) is 0. The molecule has 0 amide bonds. The number of rotatable bonds is 3. The SMILES string of the molecule is C.CC(C)[C@@](F)(C(=O)O)N(F)F. The second-order valence-corrected chi connectivity index (χ2v) is 2.37. The normalized spacial score (nSPS) is 15.6. The Labute approximate surface area is 68.7 Å². The lowest BCUT2D eigenvalue weighted by Crippen LogP contribution is -2.47. The van der Waals surface area contributed by atoms with Crippen LogP contribution < -0.4 is 0 Å². The summed E-state index contributed by atoms with van der Waals surface area (Å²) in [4.78, 5) is 10.0. The van der Waals surface area contributed by atoms with Crippen molar-refractivity contribution in [3.63, 3.8) is 0 Å². The highest BCUT2D eigenvalue weighted by Crippen LogP contribution is 2.27. The van der Waals surface area contributed by atoms with Crippen molar-refractivity contribution in [1.29, 1.82) is 0 Å². The van der Waals surface area contributed by atoms with Gasteiger partial charge < -0.3 is 5.11 Å². The first kappa shape index (κ1) is 13.8. The average molecular weight is 187 g/mol. The van der Waals surface area contributed by atoms with Crippen molar-refractivity contribution in [1.82, 2.24) is 5.34 Å². The average Bonchev–Trinajstić information content (AvgIpc) is 1.84. The molecule has 3 nitrogen and oxygen atoms in total. The summed E-state index contributed by atoms with van der Waals surface area (Å²) < 4.78 is 36.1. The predicted octanol–water partition coefficient (Wildman–Crippen LogP) is 2.10. The lowest BCUT2D eigenvalue weighted by atomic mass is 10.0. The van der Waals surface area contributed by atoms with Gasteiger partial charge in [0.1, 0.15) is 0 Å². The molecule has 0 unspecified atom stereocenters. The summed E-state index contributed by atoms with van der Waals surface area (Å²) in [5.41, 5.74) is 0. The number of hydrogen-bond donors (Lipinski definition) is 1. The number of carboxylic acid groups (broad SMARTS) is 1. The summed E-state index contributed by atoms with van der Waals surface area (Å²) in [6, 6.07) is 0. The molecule has 0 saturated carbocycles. The predicted molar refractivity (Wildman–Crippen MR) is 37.1 cm³/mol. The number of carbonyl (C=O) groups is 1. The lowest BCUT2D eigenvalue weighted by molar-refractivity contribution is -0.289. The molecule has 0 aliphatic rings. The Balaban J connectivity index is 0.